The topological polar surface area (TPSA) is 417 Å². The van der Waals surface area contributed by atoms with Crippen LogP contribution in [0.15, 0.2) is 152 Å². The second kappa shape index (κ2) is 39.6. The Hall–Kier alpha value is -11.9. The van der Waals surface area contributed by atoms with Crippen molar-refractivity contribution in [1.82, 2.24) is 49.2 Å². The molecule has 4 aliphatic carbocycles. The molecule has 0 radical (unpaired) electrons. The number of phenols is 1. The second-order valence-corrected chi connectivity index (χ2v) is 38.0. The fourth-order valence-corrected chi connectivity index (χ4v) is 21.6. The Morgan fingerprint density at radius 2 is 1.58 bits per heavy atom. The molecule has 4 bridgehead atoms. The number of nitrogens with zero attached hydrogens (tertiary/aromatic N) is 14. The van der Waals surface area contributed by atoms with Crippen LogP contribution in [0.2, 0.25) is 0 Å². The van der Waals surface area contributed by atoms with E-state index in [0.29, 0.717) is 117 Å². The number of aromatic nitrogens is 11. The Balaban J connectivity index is 0.000000125. The summed E-state index contributed by atoms with van der Waals surface area (Å²) in [7, 11) is 3.55. The Morgan fingerprint density at radius 3 is 2.27 bits per heavy atom. The molecule has 0 atom stereocenters. The van der Waals surface area contributed by atoms with Crippen molar-refractivity contribution in [2.24, 2.45) is 46.0 Å². The Morgan fingerprint density at radius 1 is 0.829 bits per heavy atom. The highest BCUT2D eigenvalue weighted by atomic mass is 79.9. The number of hydrogen-bond donors (Lipinski definition) is 8. The number of amidine groups is 1. The number of methoxy groups -OCH3 is 1. The van der Waals surface area contributed by atoms with Crippen LogP contribution >= 0.6 is 61.7 Å². The number of thiophene rings is 1. The zero-order chi connectivity index (χ0) is 91.2. The summed E-state index contributed by atoms with van der Waals surface area (Å²) in [6.07, 6.45) is 7.54. The van der Waals surface area contributed by atoms with Gasteiger partial charge in [0.05, 0.1) is 101 Å². The van der Waals surface area contributed by atoms with E-state index in [4.69, 9.17) is 57.3 Å². The van der Waals surface area contributed by atoms with Gasteiger partial charge < -0.3 is 76.8 Å². The van der Waals surface area contributed by atoms with Crippen LogP contribution < -0.4 is 53.6 Å². The molecule has 7 aliphatic rings. The van der Waals surface area contributed by atoms with Crippen molar-refractivity contribution < 1.29 is 60.9 Å². The summed E-state index contributed by atoms with van der Waals surface area (Å²) in [5.41, 5.74) is 44.3. The van der Waals surface area contributed by atoms with E-state index >= 15 is 0 Å². The number of alkyl halides is 3. The van der Waals surface area contributed by atoms with Crippen molar-refractivity contribution in [2.75, 3.05) is 91.7 Å². The number of nitrogens with one attached hydrogen (secondary N) is 2. The fraction of sp³-hybridized carbons (Fsp3) is 0.363. The van der Waals surface area contributed by atoms with Gasteiger partial charge in [-0.3, -0.25) is 20.0 Å². The summed E-state index contributed by atoms with van der Waals surface area (Å²) in [6, 6.07) is 33.1. The summed E-state index contributed by atoms with van der Waals surface area (Å²) >= 11 is 9.09. The number of carbonyl (C=O) groups excluding carboxylic acids is 3. The third-order valence-corrected chi connectivity index (χ3v) is 28.3. The summed E-state index contributed by atoms with van der Waals surface area (Å²) in [4.78, 5) is 72.9. The first-order chi connectivity index (χ1) is 61.9. The predicted octanol–water partition coefficient (Wildman–Crippen LogP) is 16.1. The van der Waals surface area contributed by atoms with Crippen molar-refractivity contribution in [3.8, 4) is 22.9 Å². The number of fused-ring (bicyclic) bond motifs is 7. The van der Waals surface area contributed by atoms with E-state index in [9.17, 15) is 32.7 Å². The molecule has 0 spiro atoms. The number of aryl methyl sites for hydroxylation is 2. The molecule has 20 rings (SSSR count). The average Bonchev–Trinajstić information content (AvgIpc) is 1.65. The molecule has 1 saturated heterocycles. The third kappa shape index (κ3) is 21.2. The van der Waals surface area contributed by atoms with E-state index in [1.165, 1.54) is 69.8 Å². The van der Waals surface area contributed by atoms with Gasteiger partial charge in [0, 0.05) is 115 Å². The quantitative estimate of drug-likeness (QED) is 0.00930. The van der Waals surface area contributed by atoms with Crippen LogP contribution in [0, 0.1) is 37.0 Å². The number of ether oxygens (including phenoxy) is 5. The molecule has 13 N–H and O–H groups in total. The number of aliphatic imine (C=N–C) groups is 1. The van der Waals surface area contributed by atoms with Crippen LogP contribution in [0.3, 0.4) is 0 Å². The lowest BCUT2D eigenvalue weighted by molar-refractivity contribution is -0.689. The van der Waals surface area contributed by atoms with E-state index in [0.717, 1.165) is 146 Å². The molecule has 3 aliphatic heterocycles. The number of aromatic hydroxyl groups is 1. The Labute approximate surface area is 766 Å². The Bertz CT molecular complexity index is 6340. The van der Waals surface area contributed by atoms with E-state index in [1.54, 1.807) is 124 Å². The smallest absolute Gasteiger partial charge is 0.433 e. The molecular formula is C91H100BrF3N21O9S4+. The number of thiazole rings is 1. The number of carbonyl (C=O) groups is 3. The lowest BCUT2D eigenvalue weighted by Crippen LogP contribution is -2.50. The number of pyridine rings is 2. The van der Waals surface area contributed by atoms with Crippen LogP contribution in [-0.2, 0) is 75.3 Å². The van der Waals surface area contributed by atoms with Gasteiger partial charge in [-0.2, -0.15) is 22.8 Å². The first-order valence-electron chi connectivity index (χ1n) is 42.1. The van der Waals surface area contributed by atoms with Crippen LogP contribution in [0.5, 0.6) is 11.5 Å². The van der Waals surface area contributed by atoms with Crippen LogP contribution in [0.4, 0.5) is 52.9 Å². The van der Waals surface area contributed by atoms with E-state index in [-0.39, 0.29) is 46.9 Å². The minimum absolute atomic E-state index is 0.0373. The monoisotopic (exact) mass is 1890 g/mol. The summed E-state index contributed by atoms with van der Waals surface area (Å²) in [5.74, 6) is 6.27. The molecule has 0 unspecified atom stereocenters. The van der Waals surface area contributed by atoms with Crippen LogP contribution in [0.1, 0.15) is 142 Å². The number of thioether (sulfide) groups is 1. The van der Waals surface area contributed by atoms with E-state index in [1.807, 2.05) is 36.7 Å². The molecule has 129 heavy (non-hydrogen) atoms. The molecular weight excluding hydrogens is 1800 g/mol. The fourth-order valence-electron chi connectivity index (χ4n) is 17.6. The molecule has 38 heteroatoms. The second-order valence-electron chi connectivity index (χ2n) is 32.9. The molecule has 5 fully saturated rings. The van der Waals surface area contributed by atoms with Crippen molar-refractivity contribution in [3.63, 3.8) is 0 Å². The molecule has 674 valence electrons. The molecule has 30 nitrogen and oxygen atoms in total. The molecule has 4 aromatic carbocycles. The van der Waals surface area contributed by atoms with Gasteiger partial charge >= 0.3 is 18.1 Å². The Kier molecular flexibility index (Phi) is 28.2. The van der Waals surface area contributed by atoms with Crippen molar-refractivity contribution in [3.05, 3.63) is 204 Å². The largest absolute Gasteiger partial charge is 0.507 e. The number of hydrazone groups is 1. The van der Waals surface area contributed by atoms with Gasteiger partial charge in [-0.05, 0) is 179 Å². The molecule has 12 heterocycles. The zero-order valence-corrected chi connectivity index (χ0v) is 77.2. The molecule has 4 saturated carbocycles. The maximum Gasteiger partial charge on any atom is 0.433 e. The lowest BCUT2D eigenvalue weighted by atomic mass is 9.49. The van der Waals surface area contributed by atoms with Gasteiger partial charge in [-0.15, -0.1) is 21.5 Å². The number of esters is 2. The number of rotatable bonds is 19. The number of anilines is 7. The molecule has 9 aromatic heterocycles. The van der Waals surface area contributed by atoms with E-state index < -0.39 is 17.8 Å². The highest BCUT2D eigenvalue weighted by molar-refractivity contribution is 9.10. The van der Waals surface area contributed by atoms with Gasteiger partial charge in [0.25, 0.3) is 5.91 Å². The van der Waals surface area contributed by atoms with Crippen molar-refractivity contribution >= 4 is 163 Å². The standard InChI is InChI=1S/C23H31N4O2S.C22H25N5O3S.C19H16F3N5.C15H15BrN4O3S2.C12H13N3O/c1-14-20(30-13-27(14)12-19-11-25-15(2)26-21(19)24)3-4-29-22(28)23-8-16-5-17(9-23)7-18(6-16)10-23;1-22(2)11-13-14(12-30-22)19(27-7-9-29-10-8-27)26-21-16(13)17(23)18(31-21)20(28)25-15-5-3-4-6-24-15;1-12(14-8-5-9-15(23)10-14)26-27-17-11-16(19(20,21)22)24-18(25-17)13-6-3-2-4-7-13;1-3-23-13(22)12-7-4-11(21)8(16)5-9(7)20(2)10(12)6-24-15-19-18-14(17)25-15;1-16-9-2-3-10-8(6-9)7-11-12(13)14-4-5-15(10)11/h11,13,16-18H,3-10,12H2,1-2H3,(H2,24,25,26);3-6H,7-12,23H2,1-2H3,(H,24,25,28);2-11H,23H2,1H3,(H,24,25,27);4-5,21H,3,6H2,1-2H3,(H2,17,18);2-3,6-7H,4-5H2,1H3,(H2,13,14)/q+1;;;;/b;;26-12+;;. The van der Waals surface area contributed by atoms with Crippen molar-refractivity contribution in [1.29, 1.82) is 0 Å². The number of amides is 1. The third-order valence-electron chi connectivity index (χ3n) is 23.5. The maximum absolute atomic E-state index is 13.2. The zero-order valence-electron chi connectivity index (χ0n) is 72.4. The predicted molar refractivity (Wildman–Crippen MR) is 502 cm³/mol. The lowest BCUT2D eigenvalue weighted by Gasteiger charge is -2.55. The number of hydrogen-bond acceptors (Lipinski definition) is 30. The maximum atomic E-state index is 13.2. The summed E-state index contributed by atoms with van der Waals surface area (Å²) in [5, 5.41) is 27.8. The van der Waals surface area contributed by atoms with Gasteiger partial charge in [0.15, 0.2) is 33.9 Å². The number of nitrogen functional groups attached to an aromatic ring is 4. The van der Waals surface area contributed by atoms with Crippen LogP contribution in [0.25, 0.3) is 43.4 Å². The van der Waals surface area contributed by atoms with Gasteiger partial charge in [0.2, 0.25) is 10.6 Å². The number of nitrogens with two attached hydrogens (primary N) is 5. The highest BCUT2D eigenvalue weighted by Gasteiger charge is 2.55. The normalized spacial score (nSPS) is 17.7. The van der Waals surface area contributed by atoms with E-state index in [2.05, 4.69) is 124 Å². The highest BCUT2D eigenvalue weighted by Crippen LogP contribution is 2.60. The SMILES string of the molecule is C/C(=N\Nc1cc(C(F)(F)F)nc(-c2ccccc2)n1)c1cccc(N)c1.CC1(C)Cc2c(c(N3CCOCC3)nc3sc(C(=O)Nc4ccccn4)c(N)c23)CO1.CCOC(=O)c1c(CSc2nnc(N)s2)n(C)c2cc(Br)c(O)cc12.COc1ccc2c(c1)cc1n2CCN=C1N.Cc1ncc(C[n+]2csc(CCOC(=O)C34CC5CC(CC(C5)C3)C4)c2C)c(N)n1. The summed E-state index contributed by atoms with van der Waals surface area (Å²) < 4.78 is 75.1. The molecule has 13 aromatic rings. The first kappa shape index (κ1) is 91.8. The van der Waals surface area contributed by atoms with Gasteiger partial charge in [0.1, 0.15) is 50.3 Å². The minimum atomic E-state index is -4.60. The minimum Gasteiger partial charge on any atom is -0.507 e. The van der Waals surface area contributed by atoms with Crippen molar-refractivity contribution in [2.45, 2.75) is 134 Å². The van der Waals surface area contributed by atoms with Crippen LogP contribution in [-0.4, -0.2) is 143 Å². The number of benzene rings is 4. The average molecular weight is 1900 g/mol. The number of halogens is 4. The summed E-state index contributed by atoms with van der Waals surface area (Å²) in [6.45, 7) is 18.0. The molecule has 1 amide bonds. The number of morpholine rings is 1. The first-order valence-corrected chi connectivity index (χ1v) is 46.4. The van der Waals surface area contributed by atoms with Gasteiger partial charge in [-0.25, -0.2) is 34.7 Å². The number of phenolic OH excluding ortho intramolecular Hbond substituents is 1. The van der Waals surface area contributed by atoms with Gasteiger partial charge in [-0.1, -0.05) is 83.0 Å².